The number of hydrogen-bond donors (Lipinski definition) is 1. The smallest absolute Gasteiger partial charge is 0.119 e. The van der Waals surface area contributed by atoms with Crippen molar-refractivity contribution in [2.24, 2.45) is 0 Å². The van der Waals surface area contributed by atoms with E-state index < -0.39 is 0 Å². The summed E-state index contributed by atoms with van der Waals surface area (Å²) in [6.07, 6.45) is 4.27. The highest BCUT2D eigenvalue weighted by atomic mass is 16.5. The van der Waals surface area contributed by atoms with Crippen molar-refractivity contribution in [2.45, 2.75) is 12.8 Å². The van der Waals surface area contributed by atoms with Crippen molar-refractivity contribution >= 4 is 11.8 Å². The highest BCUT2D eigenvalue weighted by molar-refractivity contribution is 5.56. The fraction of sp³-hybridized carbons (Fsp3) is 0.176. The zero-order valence-electron chi connectivity index (χ0n) is 11.3. The highest BCUT2D eigenvalue weighted by Crippen LogP contribution is 2.28. The van der Waals surface area contributed by atoms with Crippen LogP contribution in [-0.2, 0) is 0 Å². The topological polar surface area (TPSA) is 35.2 Å². The Morgan fingerprint density at radius 2 is 1.84 bits per heavy atom. The van der Waals surface area contributed by atoms with E-state index in [1.807, 2.05) is 36.4 Å². The van der Waals surface area contributed by atoms with E-state index in [1.54, 1.807) is 7.11 Å². The SMILES string of the molecule is COc1ccc(N)c([C@@H](C)/C=C/c2ccccc2)c1. The Bertz CT molecular complexity index is 561. The second kappa shape index (κ2) is 6.10. The van der Waals surface area contributed by atoms with Gasteiger partial charge in [0, 0.05) is 11.6 Å². The van der Waals surface area contributed by atoms with Crippen molar-refractivity contribution in [3.8, 4) is 5.75 Å². The lowest BCUT2D eigenvalue weighted by Gasteiger charge is -2.12. The van der Waals surface area contributed by atoms with Gasteiger partial charge in [-0.2, -0.15) is 0 Å². The van der Waals surface area contributed by atoms with Crippen LogP contribution < -0.4 is 10.5 Å². The van der Waals surface area contributed by atoms with E-state index >= 15 is 0 Å². The minimum Gasteiger partial charge on any atom is -0.497 e. The molecule has 0 saturated carbocycles. The van der Waals surface area contributed by atoms with Crippen LogP contribution in [0.4, 0.5) is 5.69 Å². The Balaban J connectivity index is 2.20. The third kappa shape index (κ3) is 3.38. The van der Waals surface area contributed by atoms with Crippen LogP contribution in [0.5, 0.6) is 5.75 Å². The summed E-state index contributed by atoms with van der Waals surface area (Å²) in [6.45, 7) is 2.13. The van der Waals surface area contributed by atoms with E-state index in [1.165, 1.54) is 5.56 Å². The number of hydrogen-bond acceptors (Lipinski definition) is 2. The summed E-state index contributed by atoms with van der Waals surface area (Å²) in [5.41, 5.74) is 9.10. The summed E-state index contributed by atoms with van der Waals surface area (Å²) in [5.74, 6) is 1.08. The highest BCUT2D eigenvalue weighted by Gasteiger charge is 2.07. The standard InChI is InChI=1S/C17H19NO/c1-13(8-9-14-6-4-3-5-7-14)16-12-15(19-2)10-11-17(16)18/h3-13H,18H2,1-2H3/b9-8+/t13-/m0/s1. The molecule has 0 amide bonds. The van der Waals surface area contributed by atoms with Crippen LogP contribution in [0, 0.1) is 0 Å². The van der Waals surface area contributed by atoms with Crippen molar-refractivity contribution in [1.82, 2.24) is 0 Å². The summed E-state index contributed by atoms with van der Waals surface area (Å²) in [6, 6.07) is 16.0. The molecule has 0 bridgehead atoms. The first kappa shape index (κ1) is 13.2. The molecule has 2 rings (SSSR count). The lowest BCUT2D eigenvalue weighted by atomic mass is 9.98. The monoisotopic (exact) mass is 253 g/mol. The van der Waals surface area contributed by atoms with E-state index in [4.69, 9.17) is 10.5 Å². The van der Waals surface area contributed by atoms with Crippen LogP contribution in [0.1, 0.15) is 24.0 Å². The normalized spacial score (nSPS) is 12.5. The zero-order chi connectivity index (χ0) is 13.7. The number of rotatable bonds is 4. The van der Waals surface area contributed by atoms with E-state index in [0.29, 0.717) is 0 Å². The third-order valence-electron chi connectivity index (χ3n) is 3.16. The molecule has 0 spiro atoms. The third-order valence-corrected chi connectivity index (χ3v) is 3.16. The molecule has 0 aliphatic carbocycles. The first-order valence-corrected chi connectivity index (χ1v) is 6.37. The van der Waals surface area contributed by atoms with Crippen LogP contribution in [-0.4, -0.2) is 7.11 Å². The first-order valence-electron chi connectivity index (χ1n) is 6.37. The van der Waals surface area contributed by atoms with Crippen LogP contribution >= 0.6 is 0 Å². The van der Waals surface area contributed by atoms with Gasteiger partial charge < -0.3 is 10.5 Å². The second-order valence-electron chi connectivity index (χ2n) is 4.55. The maximum atomic E-state index is 6.02. The summed E-state index contributed by atoms with van der Waals surface area (Å²) in [5, 5.41) is 0. The van der Waals surface area contributed by atoms with Crippen LogP contribution in [0.2, 0.25) is 0 Å². The van der Waals surface area contributed by atoms with Crippen molar-refractivity contribution in [3.63, 3.8) is 0 Å². The van der Waals surface area contributed by atoms with Gasteiger partial charge in [0.15, 0.2) is 0 Å². The number of allylic oxidation sites excluding steroid dienone is 1. The Morgan fingerprint density at radius 3 is 2.53 bits per heavy atom. The molecule has 0 heterocycles. The summed E-state index contributed by atoms with van der Waals surface area (Å²) in [7, 11) is 1.67. The maximum absolute atomic E-state index is 6.02. The van der Waals surface area contributed by atoms with E-state index in [0.717, 1.165) is 17.0 Å². The van der Waals surface area contributed by atoms with Crippen molar-refractivity contribution in [1.29, 1.82) is 0 Å². The van der Waals surface area contributed by atoms with E-state index in [9.17, 15) is 0 Å². The molecule has 2 aromatic rings. The van der Waals surface area contributed by atoms with Gasteiger partial charge in [-0.3, -0.25) is 0 Å². The predicted molar refractivity (Wildman–Crippen MR) is 81.3 cm³/mol. The molecule has 0 unspecified atom stereocenters. The van der Waals surface area contributed by atoms with Crippen molar-refractivity contribution in [3.05, 3.63) is 65.7 Å². The van der Waals surface area contributed by atoms with Gasteiger partial charge in [0.25, 0.3) is 0 Å². The molecule has 0 fully saturated rings. The van der Waals surface area contributed by atoms with Gasteiger partial charge in [0.1, 0.15) is 5.75 Å². The quantitative estimate of drug-likeness (QED) is 0.833. The lowest BCUT2D eigenvalue weighted by Crippen LogP contribution is -1.98. The van der Waals surface area contributed by atoms with Gasteiger partial charge in [-0.05, 0) is 29.3 Å². The van der Waals surface area contributed by atoms with Gasteiger partial charge in [0.2, 0.25) is 0 Å². The molecule has 2 heteroatoms. The number of nitrogens with two attached hydrogens (primary N) is 1. The Kier molecular flexibility index (Phi) is 4.24. The predicted octanol–water partition coefficient (Wildman–Crippen LogP) is 4.09. The first-order chi connectivity index (χ1) is 9.20. The molecule has 0 aliphatic heterocycles. The minimum absolute atomic E-state index is 0.246. The maximum Gasteiger partial charge on any atom is 0.119 e. The fourth-order valence-electron chi connectivity index (χ4n) is 2.00. The molecule has 2 aromatic carbocycles. The fourth-order valence-corrected chi connectivity index (χ4v) is 2.00. The number of ether oxygens (including phenoxy) is 1. The minimum atomic E-state index is 0.246. The Morgan fingerprint density at radius 1 is 1.11 bits per heavy atom. The van der Waals surface area contributed by atoms with E-state index in [2.05, 4.69) is 31.2 Å². The molecule has 0 saturated heterocycles. The molecule has 2 nitrogen and oxygen atoms in total. The van der Waals surface area contributed by atoms with Crippen molar-refractivity contribution < 1.29 is 4.74 Å². The summed E-state index contributed by atoms with van der Waals surface area (Å²) >= 11 is 0. The number of benzene rings is 2. The number of nitrogen functional groups attached to an aromatic ring is 1. The van der Waals surface area contributed by atoms with Crippen LogP contribution in [0.3, 0.4) is 0 Å². The molecular weight excluding hydrogens is 234 g/mol. The molecule has 2 N–H and O–H groups in total. The molecule has 0 aromatic heterocycles. The van der Waals surface area contributed by atoms with Crippen LogP contribution in [0.15, 0.2) is 54.6 Å². The van der Waals surface area contributed by atoms with Gasteiger partial charge in [-0.15, -0.1) is 0 Å². The van der Waals surface area contributed by atoms with Crippen LogP contribution in [0.25, 0.3) is 6.08 Å². The molecule has 98 valence electrons. The average molecular weight is 253 g/mol. The van der Waals surface area contributed by atoms with Gasteiger partial charge in [-0.25, -0.2) is 0 Å². The lowest BCUT2D eigenvalue weighted by molar-refractivity contribution is 0.414. The van der Waals surface area contributed by atoms with E-state index in [-0.39, 0.29) is 5.92 Å². The molecule has 0 aliphatic rings. The summed E-state index contributed by atoms with van der Waals surface area (Å²) < 4.78 is 5.24. The van der Waals surface area contributed by atoms with Gasteiger partial charge >= 0.3 is 0 Å². The molecule has 0 radical (unpaired) electrons. The molecule has 19 heavy (non-hydrogen) atoms. The molecular formula is C17H19NO. The number of anilines is 1. The summed E-state index contributed by atoms with van der Waals surface area (Å²) in [4.78, 5) is 0. The van der Waals surface area contributed by atoms with Gasteiger partial charge in [-0.1, -0.05) is 49.4 Å². The largest absolute Gasteiger partial charge is 0.497 e. The average Bonchev–Trinajstić information content (AvgIpc) is 2.46. The van der Waals surface area contributed by atoms with Crippen molar-refractivity contribution in [2.75, 3.05) is 12.8 Å². The Labute approximate surface area is 114 Å². The number of methoxy groups -OCH3 is 1. The zero-order valence-corrected chi connectivity index (χ0v) is 11.3. The Hall–Kier alpha value is -2.22. The molecule has 1 atom stereocenters. The van der Waals surface area contributed by atoms with Gasteiger partial charge in [0.05, 0.1) is 7.11 Å². The second-order valence-corrected chi connectivity index (χ2v) is 4.55.